The summed E-state index contributed by atoms with van der Waals surface area (Å²) < 4.78 is 11.9. The molecule has 0 heterocycles. The number of carbonyl (C=O) groups is 1. The number of Topliss-reactive ketones (excluding diaryl/α,β-unsaturated/α-hetero) is 1. The van der Waals surface area contributed by atoms with E-state index in [0.29, 0.717) is 18.8 Å². The second kappa shape index (κ2) is 10.8. The second-order valence-corrected chi connectivity index (χ2v) is 7.54. The maximum absolute atomic E-state index is 13.1. The Morgan fingerprint density at radius 3 is 1.90 bits per heavy atom. The molecule has 4 nitrogen and oxygen atoms in total. The largest absolute Gasteiger partial charge is 0.388 e. The summed E-state index contributed by atoms with van der Waals surface area (Å²) in [5.74, 6) is -0.192. The van der Waals surface area contributed by atoms with Gasteiger partial charge in [0.2, 0.25) is 0 Å². The number of ether oxygens (including phenoxy) is 2. The van der Waals surface area contributed by atoms with Crippen molar-refractivity contribution in [2.45, 2.75) is 38.3 Å². The van der Waals surface area contributed by atoms with Crippen molar-refractivity contribution in [3.8, 4) is 0 Å². The molecule has 1 N–H and O–H groups in total. The summed E-state index contributed by atoms with van der Waals surface area (Å²) in [4.78, 5) is 13.1. The first-order valence-corrected chi connectivity index (χ1v) is 10.1. The molecule has 0 fully saturated rings. The van der Waals surface area contributed by atoms with E-state index in [9.17, 15) is 9.90 Å². The third-order valence-corrected chi connectivity index (χ3v) is 5.04. The van der Waals surface area contributed by atoms with Gasteiger partial charge in [-0.2, -0.15) is 0 Å². The van der Waals surface area contributed by atoms with Gasteiger partial charge in [-0.3, -0.25) is 4.79 Å². The van der Waals surface area contributed by atoms with Gasteiger partial charge in [-0.15, -0.1) is 0 Å². The minimum absolute atomic E-state index is 0.0377. The maximum Gasteiger partial charge on any atom is 0.169 e. The monoisotopic (exact) mass is 404 g/mol. The molecule has 3 aromatic carbocycles. The average molecular weight is 405 g/mol. The first-order chi connectivity index (χ1) is 14.6. The van der Waals surface area contributed by atoms with Gasteiger partial charge in [0.05, 0.1) is 25.9 Å². The molecule has 0 saturated heterocycles. The Morgan fingerprint density at radius 2 is 1.33 bits per heavy atom. The molecule has 0 saturated carbocycles. The van der Waals surface area contributed by atoms with Crippen LogP contribution in [0.4, 0.5) is 0 Å². The number of aliphatic hydroxyl groups is 1. The Kier molecular flexibility index (Phi) is 7.91. The number of carbonyl (C=O) groups excluding carboxylic acids is 1. The van der Waals surface area contributed by atoms with E-state index in [-0.39, 0.29) is 18.8 Å². The van der Waals surface area contributed by atoms with E-state index in [1.165, 1.54) is 0 Å². The van der Waals surface area contributed by atoms with Crippen molar-refractivity contribution >= 4 is 5.78 Å². The summed E-state index contributed by atoms with van der Waals surface area (Å²) in [5, 5.41) is 10.5. The van der Waals surface area contributed by atoms with Crippen LogP contribution in [-0.2, 0) is 27.5 Å². The molecular formula is C26H28O4. The number of benzene rings is 3. The number of aliphatic hydroxyl groups excluding tert-OH is 1. The van der Waals surface area contributed by atoms with Crippen LogP contribution >= 0.6 is 0 Å². The summed E-state index contributed by atoms with van der Waals surface area (Å²) in [6.45, 7) is 2.52. The molecule has 0 radical (unpaired) electrons. The Morgan fingerprint density at radius 1 is 0.833 bits per heavy atom. The Hall–Kier alpha value is -2.79. The van der Waals surface area contributed by atoms with Crippen molar-refractivity contribution in [1.29, 1.82) is 0 Å². The van der Waals surface area contributed by atoms with Crippen molar-refractivity contribution < 1.29 is 19.4 Å². The zero-order valence-corrected chi connectivity index (χ0v) is 17.2. The predicted molar refractivity (Wildman–Crippen MR) is 117 cm³/mol. The lowest BCUT2D eigenvalue weighted by molar-refractivity contribution is -0.156. The van der Waals surface area contributed by atoms with Crippen LogP contribution in [0.5, 0.6) is 0 Å². The second-order valence-electron chi connectivity index (χ2n) is 7.54. The highest BCUT2D eigenvalue weighted by Crippen LogP contribution is 2.24. The third kappa shape index (κ3) is 6.36. The first-order valence-electron chi connectivity index (χ1n) is 10.1. The Labute approximate surface area is 178 Å². The highest BCUT2D eigenvalue weighted by Gasteiger charge is 2.36. The quantitative estimate of drug-likeness (QED) is 0.495. The molecule has 2 atom stereocenters. The van der Waals surface area contributed by atoms with Crippen LogP contribution in [0.1, 0.15) is 36.1 Å². The van der Waals surface area contributed by atoms with Gasteiger partial charge >= 0.3 is 0 Å². The minimum Gasteiger partial charge on any atom is -0.388 e. The fraction of sp³-hybridized carbons (Fsp3) is 0.269. The van der Waals surface area contributed by atoms with Crippen LogP contribution in [0.2, 0.25) is 0 Å². The van der Waals surface area contributed by atoms with Crippen LogP contribution < -0.4 is 0 Å². The SMILES string of the molecule is C[C@@](COCc1ccccc1)(OCc1ccccc1)C(=O)C[C@H](O)c1ccccc1. The van der Waals surface area contributed by atoms with Crippen LogP contribution in [-0.4, -0.2) is 23.1 Å². The van der Waals surface area contributed by atoms with E-state index < -0.39 is 11.7 Å². The van der Waals surface area contributed by atoms with Crippen molar-refractivity contribution in [2.75, 3.05) is 6.61 Å². The Bertz CT molecular complexity index is 896. The normalized spacial score (nSPS) is 14.1. The summed E-state index contributed by atoms with van der Waals surface area (Å²) in [6.07, 6.45) is -0.920. The molecule has 0 aromatic heterocycles. The molecule has 4 heteroatoms. The molecular weight excluding hydrogens is 376 g/mol. The van der Waals surface area contributed by atoms with Gasteiger partial charge in [0.1, 0.15) is 5.60 Å². The topological polar surface area (TPSA) is 55.8 Å². The standard InChI is InChI=1S/C26H28O4/c1-26(30-19-22-13-7-3-8-14-22,20-29-18-21-11-5-2-6-12-21)25(28)17-24(27)23-15-9-4-10-16-23/h2-16,24,27H,17-20H2,1H3/t24-,26-/m0/s1. The zero-order chi connectivity index (χ0) is 21.2. The van der Waals surface area contributed by atoms with E-state index in [0.717, 1.165) is 11.1 Å². The van der Waals surface area contributed by atoms with Crippen molar-refractivity contribution in [1.82, 2.24) is 0 Å². The smallest absolute Gasteiger partial charge is 0.169 e. The summed E-state index contributed by atoms with van der Waals surface area (Å²) in [7, 11) is 0. The molecule has 0 aliphatic rings. The molecule has 30 heavy (non-hydrogen) atoms. The van der Waals surface area contributed by atoms with E-state index in [2.05, 4.69) is 0 Å². The lowest BCUT2D eigenvalue weighted by Crippen LogP contribution is -2.43. The molecule has 0 aliphatic carbocycles. The minimum atomic E-state index is -1.17. The van der Waals surface area contributed by atoms with Gasteiger partial charge in [0, 0.05) is 6.42 Å². The number of ketones is 1. The zero-order valence-electron chi connectivity index (χ0n) is 17.2. The molecule has 0 unspecified atom stereocenters. The molecule has 0 amide bonds. The van der Waals surface area contributed by atoms with E-state index in [1.807, 2.05) is 91.0 Å². The number of hydrogen-bond donors (Lipinski definition) is 1. The van der Waals surface area contributed by atoms with Gasteiger partial charge in [0.15, 0.2) is 5.78 Å². The Balaban J connectivity index is 1.67. The van der Waals surface area contributed by atoms with E-state index >= 15 is 0 Å². The lowest BCUT2D eigenvalue weighted by atomic mass is 9.94. The molecule has 156 valence electrons. The van der Waals surface area contributed by atoms with Crippen molar-refractivity contribution in [2.24, 2.45) is 0 Å². The fourth-order valence-corrected chi connectivity index (χ4v) is 3.14. The van der Waals surface area contributed by atoms with Gasteiger partial charge in [0.25, 0.3) is 0 Å². The third-order valence-electron chi connectivity index (χ3n) is 5.04. The molecule has 0 aliphatic heterocycles. The maximum atomic E-state index is 13.1. The molecule has 3 rings (SSSR count). The summed E-state index contributed by atoms with van der Waals surface area (Å²) in [6, 6.07) is 28.7. The summed E-state index contributed by atoms with van der Waals surface area (Å²) in [5.41, 5.74) is 1.55. The van der Waals surface area contributed by atoms with E-state index in [1.54, 1.807) is 6.92 Å². The van der Waals surface area contributed by atoms with Crippen molar-refractivity contribution in [3.05, 3.63) is 108 Å². The number of rotatable bonds is 11. The molecule has 3 aromatic rings. The fourth-order valence-electron chi connectivity index (χ4n) is 3.14. The van der Waals surface area contributed by atoms with E-state index in [4.69, 9.17) is 9.47 Å². The highest BCUT2D eigenvalue weighted by atomic mass is 16.5. The van der Waals surface area contributed by atoms with Gasteiger partial charge in [-0.25, -0.2) is 0 Å². The van der Waals surface area contributed by atoms with Crippen LogP contribution in [0, 0.1) is 0 Å². The van der Waals surface area contributed by atoms with Crippen LogP contribution in [0.25, 0.3) is 0 Å². The predicted octanol–water partition coefficient (Wildman–Crippen LogP) is 4.87. The van der Waals surface area contributed by atoms with Gasteiger partial charge in [-0.05, 0) is 23.6 Å². The first kappa shape index (κ1) is 21.9. The highest BCUT2D eigenvalue weighted by molar-refractivity contribution is 5.87. The molecule has 0 spiro atoms. The average Bonchev–Trinajstić information content (AvgIpc) is 2.79. The van der Waals surface area contributed by atoms with Gasteiger partial charge < -0.3 is 14.6 Å². The number of hydrogen-bond acceptors (Lipinski definition) is 4. The molecule has 0 bridgehead atoms. The summed E-state index contributed by atoms with van der Waals surface area (Å²) >= 11 is 0. The van der Waals surface area contributed by atoms with Crippen molar-refractivity contribution in [3.63, 3.8) is 0 Å². The van der Waals surface area contributed by atoms with Crippen LogP contribution in [0.15, 0.2) is 91.0 Å². The lowest BCUT2D eigenvalue weighted by Gasteiger charge is -2.29. The van der Waals surface area contributed by atoms with Gasteiger partial charge in [-0.1, -0.05) is 91.0 Å². The van der Waals surface area contributed by atoms with Crippen LogP contribution in [0.3, 0.4) is 0 Å².